The van der Waals surface area contributed by atoms with E-state index in [9.17, 15) is 19.2 Å². The molecule has 2 amide bonds. The Labute approximate surface area is 85.6 Å². The Bertz CT molecular complexity index is 299. The molecule has 0 aliphatic carbocycles. The number of hydrogen-bond acceptors (Lipinski definition) is 4. The number of nitrogens with one attached hydrogen (secondary N) is 1. The Balaban J connectivity index is 4.28. The molecule has 0 fully saturated rings. The van der Waals surface area contributed by atoms with Crippen LogP contribution in [0.25, 0.3) is 0 Å². The summed E-state index contributed by atoms with van der Waals surface area (Å²) in [5.41, 5.74) is 4.79. The molecule has 0 aromatic carbocycles. The molecule has 0 bridgehead atoms. The Morgan fingerprint density at radius 1 is 1.33 bits per heavy atom. The summed E-state index contributed by atoms with van der Waals surface area (Å²) >= 11 is 0. The average Bonchev–Trinajstić information content (AvgIpc) is 1.99. The predicted molar refractivity (Wildman–Crippen MR) is 48.7 cm³/mol. The monoisotopic (exact) mass is 216 g/mol. The number of nitrogens with two attached hydrogens (primary N) is 1. The van der Waals surface area contributed by atoms with Crippen LogP contribution in [0.3, 0.4) is 0 Å². The van der Waals surface area contributed by atoms with E-state index in [4.69, 9.17) is 10.8 Å². The number of carbonyl (C=O) groups excluding carboxylic acids is 3. The summed E-state index contributed by atoms with van der Waals surface area (Å²) in [6.07, 6.45) is -0.915. The smallest absolute Gasteiger partial charge is 0.326 e. The van der Waals surface area contributed by atoms with Crippen LogP contribution in [-0.4, -0.2) is 34.7 Å². The lowest BCUT2D eigenvalue weighted by molar-refractivity contribution is -0.143. The van der Waals surface area contributed by atoms with Crippen molar-refractivity contribution in [3.63, 3.8) is 0 Å². The minimum Gasteiger partial charge on any atom is -0.480 e. The number of amides is 2. The van der Waals surface area contributed by atoms with Crippen LogP contribution < -0.4 is 11.1 Å². The van der Waals surface area contributed by atoms with E-state index in [0.29, 0.717) is 0 Å². The molecule has 0 unspecified atom stereocenters. The van der Waals surface area contributed by atoms with Crippen LogP contribution >= 0.6 is 0 Å². The van der Waals surface area contributed by atoms with E-state index in [1.807, 2.05) is 5.32 Å². The molecule has 0 heterocycles. The fourth-order valence-corrected chi connectivity index (χ4v) is 0.873. The van der Waals surface area contributed by atoms with E-state index in [-0.39, 0.29) is 0 Å². The van der Waals surface area contributed by atoms with Crippen LogP contribution in [-0.2, 0) is 19.2 Å². The van der Waals surface area contributed by atoms with Crippen LogP contribution in [0.5, 0.6) is 0 Å². The number of carboxylic acids is 1. The predicted octanol–water partition coefficient (Wildman–Crippen LogP) is -1.59. The molecule has 7 nitrogen and oxygen atoms in total. The highest BCUT2D eigenvalue weighted by atomic mass is 16.4. The van der Waals surface area contributed by atoms with Crippen LogP contribution in [0.2, 0.25) is 0 Å². The molecular weight excluding hydrogens is 204 g/mol. The van der Waals surface area contributed by atoms with Gasteiger partial charge in [-0.1, -0.05) is 0 Å². The second kappa shape index (κ2) is 5.74. The molecular formula is C8H12N2O5. The van der Waals surface area contributed by atoms with Crippen molar-refractivity contribution in [3.05, 3.63) is 0 Å². The van der Waals surface area contributed by atoms with Gasteiger partial charge in [0, 0.05) is 0 Å². The third kappa shape index (κ3) is 6.19. The molecule has 1 atom stereocenters. The molecule has 0 rings (SSSR count). The zero-order chi connectivity index (χ0) is 12.0. The molecule has 0 aliphatic rings. The van der Waals surface area contributed by atoms with Gasteiger partial charge >= 0.3 is 5.97 Å². The van der Waals surface area contributed by atoms with Gasteiger partial charge in [-0.05, 0) is 6.92 Å². The van der Waals surface area contributed by atoms with Gasteiger partial charge in [-0.25, -0.2) is 4.79 Å². The summed E-state index contributed by atoms with van der Waals surface area (Å²) in [5.74, 6) is -3.34. The quantitative estimate of drug-likeness (QED) is 0.461. The van der Waals surface area contributed by atoms with Crippen molar-refractivity contribution < 1.29 is 24.3 Å². The molecule has 0 saturated heterocycles. The number of carbonyl (C=O) groups is 4. The zero-order valence-electron chi connectivity index (χ0n) is 8.15. The standard InChI is InChI=1S/C8H12N2O5/c1-4(11)2-7(13)10-5(8(14)15)3-6(9)12/h5H,2-3H2,1H3,(H2,9,12)(H,10,13)(H,14,15)/t5-/m1/s1. The molecule has 0 aromatic heterocycles. The van der Waals surface area contributed by atoms with Crippen LogP contribution in [0.15, 0.2) is 0 Å². The minimum absolute atomic E-state index is 0.393. The number of hydrogen-bond donors (Lipinski definition) is 3. The lowest BCUT2D eigenvalue weighted by atomic mass is 10.2. The highest BCUT2D eigenvalue weighted by molar-refractivity contribution is 5.98. The van der Waals surface area contributed by atoms with Gasteiger partial charge in [-0.15, -0.1) is 0 Å². The van der Waals surface area contributed by atoms with E-state index in [1.165, 1.54) is 6.92 Å². The molecule has 0 aromatic rings. The second-order valence-corrected chi connectivity index (χ2v) is 3.01. The summed E-state index contributed by atoms with van der Waals surface area (Å²) in [4.78, 5) is 42.5. The van der Waals surface area contributed by atoms with E-state index < -0.39 is 42.5 Å². The van der Waals surface area contributed by atoms with Gasteiger partial charge in [0.1, 0.15) is 11.8 Å². The van der Waals surface area contributed by atoms with Gasteiger partial charge in [0.25, 0.3) is 0 Å². The van der Waals surface area contributed by atoms with Gasteiger partial charge in [0.2, 0.25) is 11.8 Å². The maximum absolute atomic E-state index is 11.0. The van der Waals surface area contributed by atoms with Crippen molar-refractivity contribution in [3.8, 4) is 0 Å². The summed E-state index contributed by atoms with van der Waals surface area (Å²) in [5, 5.41) is 10.6. The Morgan fingerprint density at radius 3 is 2.20 bits per heavy atom. The topological polar surface area (TPSA) is 127 Å². The van der Waals surface area contributed by atoms with E-state index >= 15 is 0 Å². The lowest BCUT2D eigenvalue weighted by Gasteiger charge is -2.11. The first-order valence-corrected chi connectivity index (χ1v) is 4.13. The molecule has 0 radical (unpaired) electrons. The lowest BCUT2D eigenvalue weighted by Crippen LogP contribution is -2.43. The Morgan fingerprint density at radius 2 is 1.87 bits per heavy atom. The van der Waals surface area contributed by atoms with Crippen molar-refractivity contribution >= 4 is 23.6 Å². The first-order valence-electron chi connectivity index (χ1n) is 4.13. The molecule has 15 heavy (non-hydrogen) atoms. The second-order valence-electron chi connectivity index (χ2n) is 3.01. The Kier molecular flexibility index (Phi) is 5.00. The summed E-state index contributed by atoms with van der Waals surface area (Å²) in [6, 6.07) is -1.38. The normalized spacial score (nSPS) is 11.5. The number of rotatable bonds is 6. The van der Waals surface area contributed by atoms with Crippen LogP contribution in [0.1, 0.15) is 19.8 Å². The largest absolute Gasteiger partial charge is 0.480 e. The van der Waals surface area contributed by atoms with Crippen molar-refractivity contribution in [2.24, 2.45) is 5.73 Å². The number of primary amides is 1. The maximum Gasteiger partial charge on any atom is 0.326 e. The van der Waals surface area contributed by atoms with Gasteiger partial charge < -0.3 is 16.2 Å². The van der Waals surface area contributed by atoms with Crippen LogP contribution in [0.4, 0.5) is 0 Å². The summed E-state index contributed by atoms with van der Waals surface area (Å²) < 4.78 is 0. The fraction of sp³-hybridized carbons (Fsp3) is 0.500. The first-order chi connectivity index (χ1) is 6.82. The van der Waals surface area contributed by atoms with E-state index in [2.05, 4.69) is 0 Å². The molecule has 4 N–H and O–H groups in total. The average molecular weight is 216 g/mol. The molecule has 84 valence electrons. The highest BCUT2D eigenvalue weighted by Crippen LogP contribution is 1.93. The van der Waals surface area contributed by atoms with Crippen LogP contribution in [0, 0.1) is 0 Å². The third-order valence-electron chi connectivity index (χ3n) is 1.45. The van der Waals surface area contributed by atoms with Gasteiger partial charge in [0.15, 0.2) is 0 Å². The third-order valence-corrected chi connectivity index (χ3v) is 1.45. The van der Waals surface area contributed by atoms with E-state index in [1.54, 1.807) is 0 Å². The zero-order valence-corrected chi connectivity index (χ0v) is 8.15. The molecule has 0 spiro atoms. The SMILES string of the molecule is CC(=O)CC(=O)N[C@H](CC(N)=O)C(=O)O. The highest BCUT2D eigenvalue weighted by Gasteiger charge is 2.22. The van der Waals surface area contributed by atoms with Crippen molar-refractivity contribution in [2.75, 3.05) is 0 Å². The number of carboxylic acid groups (broad SMARTS) is 1. The molecule has 7 heteroatoms. The summed E-state index contributed by atoms with van der Waals surface area (Å²) in [7, 11) is 0. The van der Waals surface area contributed by atoms with Gasteiger partial charge in [-0.3, -0.25) is 14.4 Å². The molecule has 0 aliphatic heterocycles. The number of ketones is 1. The molecule has 0 saturated carbocycles. The number of Topliss-reactive ketones (excluding diaryl/α,β-unsaturated/α-hetero) is 1. The van der Waals surface area contributed by atoms with E-state index in [0.717, 1.165) is 0 Å². The first kappa shape index (κ1) is 13.1. The Hall–Kier alpha value is -1.92. The summed E-state index contributed by atoms with van der Waals surface area (Å²) in [6.45, 7) is 1.20. The number of aliphatic carboxylic acids is 1. The van der Waals surface area contributed by atoms with Gasteiger partial charge in [0.05, 0.1) is 12.8 Å². The van der Waals surface area contributed by atoms with Crippen molar-refractivity contribution in [1.29, 1.82) is 0 Å². The van der Waals surface area contributed by atoms with Gasteiger partial charge in [-0.2, -0.15) is 0 Å². The fourth-order valence-electron chi connectivity index (χ4n) is 0.873. The minimum atomic E-state index is -1.38. The van der Waals surface area contributed by atoms with Crippen molar-refractivity contribution in [1.82, 2.24) is 5.32 Å². The maximum atomic E-state index is 11.0. The van der Waals surface area contributed by atoms with Crippen molar-refractivity contribution in [2.45, 2.75) is 25.8 Å².